The molecule has 1 amide bonds. The molecule has 0 bridgehead atoms. The van der Waals surface area contributed by atoms with Crippen molar-refractivity contribution in [3.05, 3.63) is 28.8 Å². The predicted octanol–water partition coefficient (Wildman–Crippen LogP) is 1.43. The molecule has 1 saturated heterocycles. The summed E-state index contributed by atoms with van der Waals surface area (Å²) < 4.78 is 22.7. The average molecular weight is 303 g/mol. The number of nitrogens with two attached hydrogens (primary N) is 1. The smallest absolute Gasteiger partial charge is 0.248 e. The van der Waals surface area contributed by atoms with Crippen molar-refractivity contribution in [3.63, 3.8) is 0 Å². The predicted molar refractivity (Wildman–Crippen MR) is 75.3 cm³/mol. The van der Waals surface area contributed by atoms with Crippen LogP contribution in [0.3, 0.4) is 0 Å². The van der Waals surface area contributed by atoms with Crippen LogP contribution in [0.15, 0.2) is 18.2 Å². The van der Waals surface area contributed by atoms with Gasteiger partial charge in [0.1, 0.15) is 9.84 Å². The zero-order chi connectivity index (χ0) is 14.0. The topological polar surface area (TPSA) is 89.3 Å². The molecule has 3 N–H and O–H groups in total. The van der Waals surface area contributed by atoms with Gasteiger partial charge < -0.3 is 11.1 Å². The molecule has 2 rings (SSSR count). The summed E-state index contributed by atoms with van der Waals surface area (Å²) >= 11 is 6.04. The van der Waals surface area contributed by atoms with E-state index in [-0.39, 0.29) is 17.5 Å². The summed E-state index contributed by atoms with van der Waals surface area (Å²) in [4.78, 5) is 11.1. The third-order valence-electron chi connectivity index (χ3n) is 3.17. The first kappa shape index (κ1) is 14.1. The van der Waals surface area contributed by atoms with Gasteiger partial charge in [0.05, 0.1) is 22.2 Å². The summed E-state index contributed by atoms with van der Waals surface area (Å²) in [5.74, 6) is -0.166. The number of hydrogen-bond donors (Lipinski definition) is 2. The van der Waals surface area contributed by atoms with Crippen molar-refractivity contribution >= 4 is 33.0 Å². The molecule has 19 heavy (non-hydrogen) atoms. The highest BCUT2D eigenvalue weighted by Crippen LogP contribution is 2.26. The van der Waals surface area contributed by atoms with Crippen LogP contribution in [-0.4, -0.2) is 31.9 Å². The molecule has 1 aliphatic rings. The maximum absolute atomic E-state index is 11.3. The Bertz CT molecular complexity index is 587. The molecule has 1 heterocycles. The lowest BCUT2D eigenvalue weighted by Gasteiger charge is -2.24. The number of rotatable bonds is 3. The number of carbonyl (C=O) groups excluding carboxylic acids is 1. The Morgan fingerprint density at radius 1 is 1.32 bits per heavy atom. The van der Waals surface area contributed by atoms with Gasteiger partial charge in [-0.1, -0.05) is 11.6 Å². The van der Waals surface area contributed by atoms with Crippen molar-refractivity contribution < 1.29 is 13.2 Å². The Kier molecular flexibility index (Phi) is 4.01. The Balaban J connectivity index is 2.11. The highest BCUT2D eigenvalue weighted by molar-refractivity contribution is 7.91. The SMILES string of the molecule is NC(=O)c1ccc(Cl)c(NC2CCS(=O)(=O)CC2)c1. The molecule has 1 fully saturated rings. The minimum atomic E-state index is -2.89. The zero-order valence-corrected chi connectivity index (χ0v) is 11.8. The van der Waals surface area contributed by atoms with E-state index in [0.717, 1.165) is 0 Å². The molecular weight excluding hydrogens is 288 g/mol. The monoisotopic (exact) mass is 302 g/mol. The lowest BCUT2D eigenvalue weighted by Crippen LogP contribution is -2.32. The van der Waals surface area contributed by atoms with Crippen molar-refractivity contribution in [1.29, 1.82) is 0 Å². The van der Waals surface area contributed by atoms with E-state index < -0.39 is 15.7 Å². The highest BCUT2D eigenvalue weighted by Gasteiger charge is 2.23. The summed E-state index contributed by atoms with van der Waals surface area (Å²) in [5, 5.41) is 3.66. The Hall–Kier alpha value is -1.27. The van der Waals surface area contributed by atoms with Crippen molar-refractivity contribution in [1.82, 2.24) is 0 Å². The van der Waals surface area contributed by atoms with E-state index in [0.29, 0.717) is 29.1 Å². The average Bonchev–Trinajstić information content (AvgIpc) is 2.34. The summed E-state index contributed by atoms with van der Waals surface area (Å²) in [6.07, 6.45) is 1.08. The van der Waals surface area contributed by atoms with Crippen LogP contribution in [0.5, 0.6) is 0 Å². The van der Waals surface area contributed by atoms with E-state index in [2.05, 4.69) is 5.32 Å². The summed E-state index contributed by atoms with van der Waals surface area (Å²) in [5.41, 5.74) is 6.20. The van der Waals surface area contributed by atoms with E-state index in [9.17, 15) is 13.2 Å². The van der Waals surface area contributed by atoms with Crippen LogP contribution < -0.4 is 11.1 Å². The highest BCUT2D eigenvalue weighted by atomic mass is 35.5. The molecule has 1 aromatic carbocycles. The molecule has 104 valence electrons. The fourth-order valence-electron chi connectivity index (χ4n) is 2.04. The van der Waals surface area contributed by atoms with Crippen LogP contribution in [0.4, 0.5) is 5.69 Å². The second-order valence-electron chi connectivity index (χ2n) is 4.63. The molecule has 0 saturated carbocycles. The number of primary amides is 1. The molecule has 0 spiro atoms. The van der Waals surface area contributed by atoms with Gasteiger partial charge in [-0.05, 0) is 31.0 Å². The fourth-order valence-corrected chi connectivity index (χ4v) is 3.71. The van der Waals surface area contributed by atoms with E-state index in [1.54, 1.807) is 18.2 Å². The standard InChI is InChI=1S/C12H15ClN2O3S/c13-10-2-1-8(12(14)16)7-11(10)15-9-3-5-19(17,18)6-4-9/h1-2,7,9,15H,3-6H2,(H2,14,16). The maximum atomic E-state index is 11.3. The van der Waals surface area contributed by atoms with Gasteiger partial charge in [0.25, 0.3) is 0 Å². The number of halogens is 1. The van der Waals surface area contributed by atoms with Crippen molar-refractivity contribution in [2.45, 2.75) is 18.9 Å². The number of carbonyl (C=O) groups is 1. The Morgan fingerprint density at radius 3 is 2.53 bits per heavy atom. The number of benzene rings is 1. The van der Waals surface area contributed by atoms with Gasteiger partial charge in [-0.15, -0.1) is 0 Å². The van der Waals surface area contributed by atoms with Crippen LogP contribution in [-0.2, 0) is 9.84 Å². The molecule has 0 unspecified atom stereocenters. The molecule has 1 aliphatic heterocycles. The molecule has 5 nitrogen and oxygen atoms in total. The first-order chi connectivity index (χ1) is 8.87. The van der Waals surface area contributed by atoms with Gasteiger partial charge in [-0.2, -0.15) is 0 Å². The lowest BCUT2D eigenvalue weighted by atomic mass is 10.1. The Labute approximate surface area is 117 Å². The van der Waals surface area contributed by atoms with Crippen LogP contribution >= 0.6 is 11.6 Å². The molecule has 0 radical (unpaired) electrons. The first-order valence-corrected chi connectivity index (χ1v) is 8.14. The number of sulfone groups is 1. The molecule has 7 heteroatoms. The molecule has 0 aliphatic carbocycles. The van der Waals surface area contributed by atoms with Crippen LogP contribution in [0, 0.1) is 0 Å². The quantitative estimate of drug-likeness (QED) is 0.884. The van der Waals surface area contributed by atoms with Crippen molar-refractivity contribution in [3.8, 4) is 0 Å². The molecule has 0 atom stereocenters. The number of hydrogen-bond acceptors (Lipinski definition) is 4. The summed E-state index contributed by atoms with van der Waals surface area (Å²) in [6, 6.07) is 4.79. The Morgan fingerprint density at radius 2 is 1.95 bits per heavy atom. The van der Waals surface area contributed by atoms with E-state index in [4.69, 9.17) is 17.3 Å². The van der Waals surface area contributed by atoms with Gasteiger partial charge in [0.2, 0.25) is 5.91 Å². The van der Waals surface area contributed by atoms with Gasteiger partial charge in [0, 0.05) is 11.6 Å². The fraction of sp³-hybridized carbons (Fsp3) is 0.417. The second-order valence-corrected chi connectivity index (χ2v) is 7.34. The van der Waals surface area contributed by atoms with Crippen molar-refractivity contribution in [2.24, 2.45) is 5.73 Å². The molecule has 0 aromatic heterocycles. The van der Waals surface area contributed by atoms with Gasteiger partial charge >= 0.3 is 0 Å². The number of nitrogens with one attached hydrogen (secondary N) is 1. The van der Waals surface area contributed by atoms with Gasteiger partial charge in [-0.3, -0.25) is 4.79 Å². The first-order valence-electron chi connectivity index (χ1n) is 5.94. The summed E-state index contributed by atoms with van der Waals surface area (Å²) in [7, 11) is -2.89. The zero-order valence-electron chi connectivity index (χ0n) is 10.2. The van der Waals surface area contributed by atoms with E-state index in [1.165, 1.54) is 0 Å². The summed E-state index contributed by atoms with van der Waals surface area (Å²) in [6.45, 7) is 0. The van der Waals surface area contributed by atoms with Crippen molar-refractivity contribution in [2.75, 3.05) is 16.8 Å². The van der Waals surface area contributed by atoms with E-state index in [1.807, 2.05) is 0 Å². The minimum absolute atomic E-state index is 0.0455. The number of anilines is 1. The van der Waals surface area contributed by atoms with Gasteiger partial charge in [-0.25, -0.2) is 8.42 Å². The van der Waals surface area contributed by atoms with Crippen LogP contribution in [0.2, 0.25) is 5.02 Å². The third kappa shape index (κ3) is 3.61. The molecular formula is C12H15ClN2O3S. The third-order valence-corrected chi connectivity index (χ3v) is 5.21. The minimum Gasteiger partial charge on any atom is -0.381 e. The van der Waals surface area contributed by atoms with Crippen LogP contribution in [0.25, 0.3) is 0 Å². The normalized spacial score (nSPS) is 19.0. The second kappa shape index (κ2) is 5.38. The van der Waals surface area contributed by atoms with Gasteiger partial charge in [0.15, 0.2) is 0 Å². The largest absolute Gasteiger partial charge is 0.381 e. The maximum Gasteiger partial charge on any atom is 0.248 e. The number of amides is 1. The molecule has 1 aromatic rings. The lowest BCUT2D eigenvalue weighted by molar-refractivity contribution is 0.100. The van der Waals surface area contributed by atoms with Crippen LogP contribution in [0.1, 0.15) is 23.2 Å². The van der Waals surface area contributed by atoms with E-state index >= 15 is 0 Å².